The summed E-state index contributed by atoms with van der Waals surface area (Å²) in [5.41, 5.74) is 1.42. The van der Waals surface area contributed by atoms with E-state index in [-0.39, 0.29) is 0 Å². The molecule has 0 N–H and O–H groups in total. The highest BCUT2D eigenvalue weighted by molar-refractivity contribution is 5.17. The van der Waals surface area contributed by atoms with E-state index < -0.39 is 5.67 Å². The molecule has 0 unspecified atom stereocenters. The second-order valence-corrected chi connectivity index (χ2v) is 6.15. The summed E-state index contributed by atoms with van der Waals surface area (Å²) in [6, 6.07) is 20.7. The van der Waals surface area contributed by atoms with Crippen molar-refractivity contribution in [3.05, 3.63) is 71.8 Å². The van der Waals surface area contributed by atoms with Crippen molar-refractivity contribution in [2.24, 2.45) is 0 Å². The number of alkyl halides is 1. The molecule has 0 saturated heterocycles. The van der Waals surface area contributed by atoms with Crippen LogP contribution in [-0.4, -0.2) is 17.1 Å². The van der Waals surface area contributed by atoms with Gasteiger partial charge < -0.3 is 0 Å². The summed E-state index contributed by atoms with van der Waals surface area (Å²) in [5, 5.41) is 0. The maximum absolute atomic E-state index is 13.8. The lowest BCUT2D eigenvalue weighted by molar-refractivity contribution is 0.154. The Labute approximate surface area is 127 Å². The minimum atomic E-state index is -1.12. The zero-order valence-electron chi connectivity index (χ0n) is 12.9. The van der Waals surface area contributed by atoms with Gasteiger partial charge in [0, 0.05) is 19.6 Å². The van der Waals surface area contributed by atoms with Crippen molar-refractivity contribution >= 4 is 0 Å². The Hall–Kier alpha value is -1.67. The molecular formula is C19H24FN. The zero-order valence-corrected chi connectivity index (χ0v) is 12.9. The van der Waals surface area contributed by atoms with Crippen molar-refractivity contribution in [3.8, 4) is 0 Å². The number of halogens is 1. The van der Waals surface area contributed by atoms with E-state index in [1.165, 1.54) is 11.1 Å². The minimum absolute atomic E-state index is 0.548. The van der Waals surface area contributed by atoms with Gasteiger partial charge in [-0.05, 0) is 31.4 Å². The molecule has 0 fully saturated rings. The van der Waals surface area contributed by atoms with Crippen LogP contribution in [0.25, 0.3) is 0 Å². The number of rotatable bonds is 7. The third-order valence-corrected chi connectivity index (χ3v) is 3.52. The number of hydrogen-bond acceptors (Lipinski definition) is 1. The average molecular weight is 285 g/mol. The molecule has 0 atom stereocenters. The van der Waals surface area contributed by atoms with Crippen LogP contribution in [0.4, 0.5) is 4.39 Å². The van der Waals surface area contributed by atoms with Crippen molar-refractivity contribution in [2.75, 3.05) is 6.54 Å². The van der Waals surface area contributed by atoms with E-state index in [0.717, 1.165) is 19.6 Å². The molecule has 2 rings (SSSR count). The standard InChI is InChI=1S/C19H24FN/c1-19(2,20)13-14-21(15-17-9-5-3-6-10-17)16-18-11-7-4-8-12-18/h3-12H,13-16H2,1-2H3. The topological polar surface area (TPSA) is 3.24 Å². The molecule has 21 heavy (non-hydrogen) atoms. The van der Waals surface area contributed by atoms with Crippen LogP contribution in [0.15, 0.2) is 60.7 Å². The number of hydrogen-bond donors (Lipinski definition) is 0. The molecule has 0 spiro atoms. The summed E-state index contributed by atoms with van der Waals surface area (Å²) >= 11 is 0. The molecule has 112 valence electrons. The van der Waals surface area contributed by atoms with Gasteiger partial charge in [-0.1, -0.05) is 60.7 Å². The molecule has 0 aliphatic carbocycles. The lowest BCUT2D eigenvalue weighted by atomic mass is 10.1. The number of nitrogens with zero attached hydrogens (tertiary/aromatic N) is 1. The van der Waals surface area contributed by atoms with Crippen molar-refractivity contribution in [1.82, 2.24) is 4.90 Å². The van der Waals surface area contributed by atoms with Crippen LogP contribution in [-0.2, 0) is 13.1 Å². The summed E-state index contributed by atoms with van der Waals surface area (Å²) in [5.74, 6) is 0. The lowest BCUT2D eigenvalue weighted by Crippen LogP contribution is -2.28. The molecule has 0 aliphatic rings. The van der Waals surface area contributed by atoms with E-state index in [1.807, 2.05) is 12.1 Å². The van der Waals surface area contributed by atoms with Gasteiger partial charge >= 0.3 is 0 Å². The Morgan fingerprint density at radius 3 is 1.62 bits per heavy atom. The molecule has 0 heterocycles. The van der Waals surface area contributed by atoms with Gasteiger partial charge in [-0.15, -0.1) is 0 Å². The highest BCUT2D eigenvalue weighted by atomic mass is 19.1. The van der Waals surface area contributed by atoms with E-state index in [4.69, 9.17) is 0 Å². The van der Waals surface area contributed by atoms with Crippen LogP contribution >= 0.6 is 0 Å². The van der Waals surface area contributed by atoms with Gasteiger partial charge in [-0.25, -0.2) is 4.39 Å². The van der Waals surface area contributed by atoms with E-state index >= 15 is 0 Å². The van der Waals surface area contributed by atoms with Crippen LogP contribution in [0.3, 0.4) is 0 Å². The zero-order chi connectivity index (χ0) is 15.1. The Kier molecular flexibility index (Phi) is 5.51. The third kappa shape index (κ3) is 6.09. The molecule has 0 saturated carbocycles. The smallest absolute Gasteiger partial charge is 0.106 e. The van der Waals surface area contributed by atoms with Crippen molar-refractivity contribution < 1.29 is 4.39 Å². The van der Waals surface area contributed by atoms with Gasteiger partial charge in [0.25, 0.3) is 0 Å². The molecule has 1 nitrogen and oxygen atoms in total. The fraction of sp³-hybridized carbons (Fsp3) is 0.368. The normalized spacial score (nSPS) is 11.8. The van der Waals surface area contributed by atoms with Crippen LogP contribution in [0.2, 0.25) is 0 Å². The summed E-state index contributed by atoms with van der Waals surface area (Å²) in [7, 11) is 0. The Morgan fingerprint density at radius 1 is 0.810 bits per heavy atom. The molecule has 2 aromatic carbocycles. The fourth-order valence-corrected chi connectivity index (χ4v) is 2.32. The molecule has 0 amide bonds. The Balaban J connectivity index is 2.03. The van der Waals surface area contributed by atoms with Crippen LogP contribution in [0.5, 0.6) is 0 Å². The Bertz CT molecular complexity index is 475. The second-order valence-electron chi connectivity index (χ2n) is 6.15. The van der Waals surface area contributed by atoms with Crippen LogP contribution in [0.1, 0.15) is 31.4 Å². The van der Waals surface area contributed by atoms with Crippen LogP contribution in [0, 0.1) is 0 Å². The summed E-state index contributed by atoms with van der Waals surface area (Å²) in [6.45, 7) is 5.76. The van der Waals surface area contributed by atoms with Gasteiger partial charge in [0.15, 0.2) is 0 Å². The molecular weight excluding hydrogens is 261 g/mol. The monoisotopic (exact) mass is 285 g/mol. The summed E-state index contributed by atoms with van der Waals surface area (Å²) < 4.78 is 13.8. The quantitative estimate of drug-likeness (QED) is 0.704. The molecule has 0 bridgehead atoms. The van der Waals surface area contributed by atoms with E-state index in [1.54, 1.807) is 13.8 Å². The van der Waals surface area contributed by atoms with E-state index in [0.29, 0.717) is 6.42 Å². The highest BCUT2D eigenvalue weighted by Crippen LogP contribution is 2.17. The predicted octanol–water partition coefficient (Wildman–Crippen LogP) is 4.83. The van der Waals surface area contributed by atoms with E-state index in [2.05, 4.69) is 53.4 Å². The summed E-state index contributed by atoms with van der Waals surface area (Å²) in [4.78, 5) is 2.31. The fourth-order valence-electron chi connectivity index (χ4n) is 2.32. The van der Waals surface area contributed by atoms with Gasteiger partial charge in [0.2, 0.25) is 0 Å². The van der Waals surface area contributed by atoms with Gasteiger partial charge in [-0.2, -0.15) is 0 Å². The Morgan fingerprint density at radius 2 is 1.24 bits per heavy atom. The van der Waals surface area contributed by atoms with E-state index in [9.17, 15) is 4.39 Å². The first kappa shape index (κ1) is 15.7. The van der Waals surface area contributed by atoms with Crippen molar-refractivity contribution in [2.45, 2.75) is 39.0 Å². The predicted molar refractivity (Wildman–Crippen MR) is 86.8 cm³/mol. The first-order chi connectivity index (χ1) is 10.0. The molecule has 0 radical (unpaired) electrons. The SMILES string of the molecule is CC(C)(F)CCN(Cc1ccccc1)Cc1ccccc1. The van der Waals surface area contributed by atoms with Crippen molar-refractivity contribution in [1.29, 1.82) is 0 Å². The lowest BCUT2D eigenvalue weighted by Gasteiger charge is -2.25. The van der Waals surface area contributed by atoms with Gasteiger partial charge in [-0.3, -0.25) is 4.90 Å². The van der Waals surface area contributed by atoms with Crippen LogP contribution < -0.4 is 0 Å². The maximum atomic E-state index is 13.8. The third-order valence-electron chi connectivity index (χ3n) is 3.52. The summed E-state index contributed by atoms with van der Waals surface area (Å²) in [6.07, 6.45) is 0.548. The molecule has 0 aliphatic heterocycles. The first-order valence-corrected chi connectivity index (χ1v) is 7.52. The molecule has 0 aromatic heterocycles. The molecule has 2 aromatic rings. The number of benzene rings is 2. The van der Waals surface area contributed by atoms with Gasteiger partial charge in [0.05, 0.1) is 0 Å². The largest absolute Gasteiger partial charge is 0.295 e. The minimum Gasteiger partial charge on any atom is -0.295 e. The van der Waals surface area contributed by atoms with Crippen molar-refractivity contribution in [3.63, 3.8) is 0 Å². The average Bonchev–Trinajstić information content (AvgIpc) is 2.46. The first-order valence-electron chi connectivity index (χ1n) is 7.52. The van der Waals surface area contributed by atoms with Gasteiger partial charge in [0.1, 0.15) is 5.67 Å². The molecule has 2 heteroatoms. The second kappa shape index (κ2) is 7.37. The highest BCUT2D eigenvalue weighted by Gasteiger charge is 2.17. The maximum Gasteiger partial charge on any atom is 0.106 e.